The number of aromatic amines is 1. The number of nitrogens with one attached hydrogen (secondary N) is 1. The second-order valence-electron chi connectivity index (χ2n) is 5.20. The summed E-state index contributed by atoms with van der Waals surface area (Å²) in [5.74, 6) is -0.556. The Kier molecular flexibility index (Phi) is 4.10. The Labute approximate surface area is 141 Å². The topological polar surface area (TPSA) is 99.8 Å². The van der Waals surface area contributed by atoms with Crippen LogP contribution in [0.4, 0.5) is 10.1 Å². The fourth-order valence-electron chi connectivity index (χ4n) is 2.48. The summed E-state index contributed by atoms with van der Waals surface area (Å²) in [6.45, 7) is 0. The number of non-ortho nitro benzene ring substituents is 1. The summed E-state index contributed by atoms with van der Waals surface area (Å²) in [6, 6.07) is 14.7. The van der Waals surface area contributed by atoms with E-state index in [1.807, 2.05) is 0 Å². The molecule has 0 radical (unpaired) electrons. The molecule has 7 heteroatoms. The van der Waals surface area contributed by atoms with Gasteiger partial charge in [0.15, 0.2) is 0 Å². The van der Waals surface area contributed by atoms with Crippen LogP contribution < -0.4 is 5.56 Å². The van der Waals surface area contributed by atoms with Crippen LogP contribution in [0.15, 0.2) is 59.4 Å². The largest absolute Gasteiger partial charge is 0.321 e. The van der Waals surface area contributed by atoms with Gasteiger partial charge < -0.3 is 4.98 Å². The third-order valence-corrected chi connectivity index (χ3v) is 3.70. The van der Waals surface area contributed by atoms with Gasteiger partial charge in [0, 0.05) is 29.0 Å². The number of hydrogen-bond acceptors (Lipinski definition) is 4. The predicted octanol–water partition coefficient (Wildman–Crippen LogP) is 3.63. The highest BCUT2D eigenvalue weighted by molar-refractivity contribution is 5.75. The van der Waals surface area contributed by atoms with Crippen molar-refractivity contribution >= 4 is 5.69 Å². The Hall–Kier alpha value is -3.79. The first-order valence-corrected chi connectivity index (χ1v) is 7.18. The molecule has 122 valence electrons. The van der Waals surface area contributed by atoms with Gasteiger partial charge in [0.25, 0.3) is 11.2 Å². The van der Waals surface area contributed by atoms with E-state index in [1.165, 1.54) is 48.5 Å². The summed E-state index contributed by atoms with van der Waals surface area (Å²) in [5, 5.41) is 20.0. The quantitative estimate of drug-likeness (QED) is 0.583. The zero-order valence-corrected chi connectivity index (χ0v) is 12.7. The molecule has 0 atom stereocenters. The van der Waals surface area contributed by atoms with Crippen LogP contribution in [0.5, 0.6) is 0 Å². The maximum atomic E-state index is 14.1. The van der Waals surface area contributed by atoms with Crippen LogP contribution in [0.3, 0.4) is 0 Å². The van der Waals surface area contributed by atoms with Crippen LogP contribution >= 0.6 is 0 Å². The SMILES string of the molecule is N#Cc1c(-c2ccccc2F)cc(-c2ccc([N+](=O)[O-])cc2)[nH]c1=O. The molecule has 0 saturated carbocycles. The van der Waals surface area contributed by atoms with Crippen molar-refractivity contribution in [1.29, 1.82) is 5.26 Å². The van der Waals surface area contributed by atoms with Gasteiger partial charge in [-0.05, 0) is 29.8 Å². The number of rotatable bonds is 3. The Morgan fingerprint density at radius 3 is 2.36 bits per heavy atom. The number of nitrogens with zero attached hydrogens (tertiary/aromatic N) is 2. The smallest absolute Gasteiger partial charge is 0.269 e. The van der Waals surface area contributed by atoms with Gasteiger partial charge in [-0.3, -0.25) is 14.9 Å². The number of benzene rings is 2. The average molecular weight is 335 g/mol. The van der Waals surface area contributed by atoms with Crippen molar-refractivity contribution in [3.63, 3.8) is 0 Å². The maximum absolute atomic E-state index is 14.1. The molecule has 1 aromatic heterocycles. The van der Waals surface area contributed by atoms with Gasteiger partial charge in [0.05, 0.1) is 4.92 Å². The predicted molar refractivity (Wildman–Crippen MR) is 89.3 cm³/mol. The Morgan fingerprint density at radius 1 is 1.08 bits per heavy atom. The molecule has 0 spiro atoms. The van der Waals surface area contributed by atoms with Gasteiger partial charge in [0.2, 0.25) is 0 Å². The van der Waals surface area contributed by atoms with Crippen LogP contribution in [0.25, 0.3) is 22.4 Å². The third-order valence-electron chi connectivity index (χ3n) is 3.70. The van der Waals surface area contributed by atoms with Crippen LogP contribution in [0.2, 0.25) is 0 Å². The van der Waals surface area contributed by atoms with Gasteiger partial charge in [-0.25, -0.2) is 4.39 Å². The van der Waals surface area contributed by atoms with Crippen molar-refractivity contribution in [2.24, 2.45) is 0 Å². The molecule has 1 heterocycles. The van der Waals surface area contributed by atoms with Crippen molar-refractivity contribution in [2.75, 3.05) is 0 Å². The molecule has 0 amide bonds. The number of nitro groups is 1. The molecule has 2 aromatic carbocycles. The first-order valence-electron chi connectivity index (χ1n) is 7.18. The lowest BCUT2D eigenvalue weighted by Crippen LogP contribution is -2.13. The van der Waals surface area contributed by atoms with Crippen LogP contribution in [0.1, 0.15) is 5.56 Å². The summed E-state index contributed by atoms with van der Waals surface area (Å²) in [7, 11) is 0. The number of nitriles is 1. The normalized spacial score (nSPS) is 10.2. The van der Waals surface area contributed by atoms with Crippen molar-refractivity contribution in [3.05, 3.63) is 86.4 Å². The monoisotopic (exact) mass is 335 g/mol. The molecule has 0 fully saturated rings. The number of nitro benzene ring substituents is 1. The molecule has 1 N–H and O–H groups in total. The van der Waals surface area contributed by atoms with Gasteiger partial charge in [0.1, 0.15) is 17.4 Å². The summed E-state index contributed by atoms with van der Waals surface area (Å²) in [4.78, 5) is 25.0. The van der Waals surface area contributed by atoms with E-state index >= 15 is 0 Å². The molecule has 0 unspecified atom stereocenters. The number of pyridine rings is 1. The highest BCUT2D eigenvalue weighted by Gasteiger charge is 2.15. The zero-order chi connectivity index (χ0) is 18.0. The van der Waals surface area contributed by atoms with E-state index in [0.29, 0.717) is 11.3 Å². The number of halogens is 1. The fourth-order valence-corrected chi connectivity index (χ4v) is 2.48. The number of aromatic nitrogens is 1. The molecular formula is C18H10FN3O3. The first-order chi connectivity index (χ1) is 12.0. The van der Waals surface area contributed by atoms with Gasteiger partial charge >= 0.3 is 0 Å². The van der Waals surface area contributed by atoms with E-state index in [2.05, 4.69) is 4.98 Å². The molecule has 0 aliphatic carbocycles. The summed E-state index contributed by atoms with van der Waals surface area (Å²) >= 11 is 0. The molecule has 3 rings (SSSR count). The highest BCUT2D eigenvalue weighted by Crippen LogP contribution is 2.28. The molecule has 6 nitrogen and oxygen atoms in total. The van der Waals surface area contributed by atoms with E-state index in [4.69, 9.17) is 0 Å². The summed E-state index contributed by atoms with van der Waals surface area (Å²) < 4.78 is 14.1. The molecular weight excluding hydrogens is 325 g/mol. The lowest BCUT2D eigenvalue weighted by Gasteiger charge is -2.09. The highest BCUT2D eigenvalue weighted by atomic mass is 19.1. The Balaban J connectivity index is 2.21. The summed E-state index contributed by atoms with van der Waals surface area (Å²) in [6.07, 6.45) is 0. The van der Waals surface area contributed by atoms with Crippen LogP contribution in [-0.4, -0.2) is 9.91 Å². The van der Waals surface area contributed by atoms with E-state index in [-0.39, 0.29) is 22.4 Å². The second-order valence-corrected chi connectivity index (χ2v) is 5.20. The van der Waals surface area contributed by atoms with E-state index in [0.717, 1.165) is 0 Å². The lowest BCUT2D eigenvalue weighted by molar-refractivity contribution is -0.384. The zero-order valence-electron chi connectivity index (χ0n) is 12.7. The minimum atomic E-state index is -0.656. The summed E-state index contributed by atoms with van der Waals surface area (Å²) in [5.41, 5.74) is 0.189. The van der Waals surface area contributed by atoms with Crippen LogP contribution in [0, 0.1) is 27.3 Å². The van der Waals surface area contributed by atoms with E-state index in [9.17, 15) is 24.6 Å². The third kappa shape index (κ3) is 3.01. The molecule has 25 heavy (non-hydrogen) atoms. The molecule has 0 aliphatic heterocycles. The molecule has 0 bridgehead atoms. The maximum Gasteiger partial charge on any atom is 0.269 e. The molecule has 3 aromatic rings. The second kappa shape index (κ2) is 6.37. The van der Waals surface area contributed by atoms with E-state index < -0.39 is 16.3 Å². The van der Waals surface area contributed by atoms with Gasteiger partial charge in [-0.1, -0.05) is 18.2 Å². The minimum absolute atomic E-state index is 0.0888. The fraction of sp³-hybridized carbons (Fsp3) is 0. The average Bonchev–Trinajstić information content (AvgIpc) is 2.61. The molecule has 0 saturated heterocycles. The number of hydrogen-bond donors (Lipinski definition) is 1. The lowest BCUT2D eigenvalue weighted by atomic mass is 9.98. The first kappa shape index (κ1) is 16.1. The number of H-pyrrole nitrogens is 1. The Morgan fingerprint density at radius 2 is 1.76 bits per heavy atom. The molecule has 0 aliphatic rings. The van der Waals surface area contributed by atoms with Crippen molar-refractivity contribution in [2.45, 2.75) is 0 Å². The Bertz CT molecular complexity index is 1070. The van der Waals surface area contributed by atoms with Crippen LogP contribution in [-0.2, 0) is 0 Å². The van der Waals surface area contributed by atoms with Crippen molar-refractivity contribution < 1.29 is 9.31 Å². The van der Waals surface area contributed by atoms with Crippen molar-refractivity contribution in [1.82, 2.24) is 4.98 Å². The minimum Gasteiger partial charge on any atom is -0.321 e. The van der Waals surface area contributed by atoms with Gasteiger partial charge in [-0.15, -0.1) is 0 Å². The van der Waals surface area contributed by atoms with Gasteiger partial charge in [-0.2, -0.15) is 5.26 Å². The standard InChI is InChI=1S/C18H10FN3O3/c19-16-4-2-1-3-13(16)14-9-17(21-18(23)15(14)10-20)11-5-7-12(8-6-11)22(24)25/h1-9H,(H,21,23). The van der Waals surface area contributed by atoms with Crippen molar-refractivity contribution in [3.8, 4) is 28.5 Å². The van der Waals surface area contributed by atoms with E-state index in [1.54, 1.807) is 12.1 Å².